The second-order valence-corrected chi connectivity index (χ2v) is 6.35. The minimum Gasteiger partial charge on any atom is -0.284 e. The number of alkyl halides is 1. The molecule has 0 bridgehead atoms. The van der Waals surface area contributed by atoms with Gasteiger partial charge in [-0.05, 0) is 30.2 Å². The van der Waals surface area contributed by atoms with E-state index in [0.717, 1.165) is 0 Å². The lowest BCUT2D eigenvalue weighted by molar-refractivity contribution is 0.598. The highest BCUT2D eigenvalue weighted by atomic mass is 35.5. The van der Waals surface area contributed by atoms with Gasteiger partial charge in [-0.1, -0.05) is 12.1 Å². The third kappa shape index (κ3) is 4.17. The van der Waals surface area contributed by atoms with E-state index in [1.54, 1.807) is 24.3 Å². The van der Waals surface area contributed by atoms with Crippen LogP contribution in [0.15, 0.2) is 24.3 Å². The lowest BCUT2D eigenvalue weighted by Crippen LogP contribution is -2.16. The average Bonchev–Trinajstić information content (AvgIpc) is 2.92. The minimum absolute atomic E-state index is 0.0478. The summed E-state index contributed by atoms with van der Waals surface area (Å²) in [7, 11) is -3.37. The Balaban J connectivity index is 2.08. The zero-order chi connectivity index (χ0) is 14.4. The molecule has 2 N–H and O–H groups in total. The van der Waals surface area contributed by atoms with E-state index in [1.165, 1.54) is 0 Å². The molecule has 1 aromatic heterocycles. The van der Waals surface area contributed by atoms with Crippen molar-refractivity contribution in [1.82, 2.24) is 20.6 Å². The molecule has 9 heteroatoms. The molecule has 0 radical (unpaired) electrons. The molecule has 0 aliphatic heterocycles. The number of rotatable bonds is 7. The van der Waals surface area contributed by atoms with E-state index >= 15 is 0 Å². The number of halogens is 1. The zero-order valence-corrected chi connectivity index (χ0v) is 12.2. The third-order valence-corrected chi connectivity index (χ3v) is 4.18. The van der Waals surface area contributed by atoms with Crippen LogP contribution >= 0.6 is 11.6 Å². The van der Waals surface area contributed by atoms with Crippen molar-refractivity contribution in [2.75, 3.05) is 16.4 Å². The summed E-state index contributed by atoms with van der Waals surface area (Å²) >= 11 is 5.53. The van der Waals surface area contributed by atoms with Crippen molar-refractivity contribution < 1.29 is 8.42 Å². The lowest BCUT2D eigenvalue weighted by atomic mass is 10.2. The molecule has 0 spiro atoms. The van der Waals surface area contributed by atoms with Crippen LogP contribution < -0.4 is 4.72 Å². The maximum atomic E-state index is 11.9. The third-order valence-electron chi connectivity index (χ3n) is 2.54. The van der Waals surface area contributed by atoms with Gasteiger partial charge in [-0.3, -0.25) is 4.72 Å². The summed E-state index contributed by atoms with van der Waals surface area (Å²) in [5.74, 6) is 0.919. The molecule has 2 aromatic rings. The van der Waals surface area contributed by atoms with Crippen LogP contribution in [0.25, 0.3) is 11.4 Å². The number of nitrogens with zero attached hydrogens (tertiary/aromatic N) is 3. The predicted molar refractivity (Wildman–Crippen MR) is 77.0 cm³/mol. The van der Waals surface area contributed by atoms with Gasteiger partial charge in [0.2, 0.25) is 15.8 Å². The topological polar surface area (TPSA) is 101 Å². The van der Waals surface area contributed by atoms with Crippen LogP contribution in [0.1, 0.15) is 12.8 Å². The van der Waals surface area contributed by atoms with E-state index in [0.29, 0.717) is 35.8 Å². The van der Waals surface area contributed by atoms with Gasteiger partial charge in [0, 0.05) is 17.1 Å². The molecular formula is C11H14ClN5O2S. The Labute approximate surface area is 121 Å². The molecule has 0 saturated heterocycles. The first-order chi connectivity index (χ1) is 9.61. The monoisotopic (exact) mass is 315 g/mol. The molecule has 0 amide bonds. The van der Waals surface area contributed by atoms with Gasteiger partial charge in [0.15, 0.2) is 0 Å². The molecule has 0 unspecified atom stereocenters. The number of H-pyrrole nitrogens is 1. The van der Waals surface area contributed by atoms with E-state index in [4.69, 9.17) is 11.6 Å². The number of aromatic nitrogens is 4. The van der Waals surface area contributed by atoms with Gasteiger partial charge in [0.1, 0.15) is 0 Å². The molecule has 0 fully saturated rings. The van der Waals surface area contributed by atoms with Gasteiger partial charge in [0.05, 0.1) is 5.75 Å². The normalized spacial score (nSPS) is 11.4. The Morgan fingerprint density at radius 3 is 2.85 bits per heavy atom. The Morgan fingerprint density at radius 1 is 1.30 bits per heavy atom. The fraction of sp³-hybridized carbons (Fsp3) is 0.364. The SMILES string of the molecule is O=S(=O)(CCCCCl)Nc1cccc(-c2nn[nH]n2)c1. The molecule has 1 heterocycles. The fourth-order valence-corrected chi connectivity index (χ4v) is 2.98. The summed E-state index contributed by atoms with van der Waals surface area (Å²) in [6.07, 6.45) is 1.20. The molecule has 2 rings (SSSR count). The van der Waals surface area contributed by atoms with Crippen LogP contribution in [0.4, 0.5) is 5.69 Å². The number of hydrogen-bond donors (Lipinski definition) is 2. The van der Waals surface area contributed by atoms with Crippen molar-refractivity contribution in [3.05, 3.63) is 24.3 Å². The second-order valence-electron chi connectivity index (χ2n) is 4.13. The van der Waals surface area contributed by atoms with Gasteiger partial charge in [-0.15, -0.1) is 21.8 Å². The van der Waals surface area contributed by atoms with Crippen molar-refractivity contribution in [3.63, 3.8) is 0 Å². The first-order valence-electron chi connectivity index (χ1n) is 6.01. The van der Waals surface area contributed by atoms with E-state index < -0.39 is 10.0 Å². The molecule has 0 saturated carbocycles. The largest absolute Gasteiger partial charge is 0.284 e. The van der Waals surface area contributed by atoms with Crippen LogP contribution in [0, 0.1) is 0 Å². The molecular weight excluding hydrogens is 302 g/mol. The van der Waals surface area contributed by atoms with Crippen molar-refractivity contribution in [2.24, 2.45) is 0 Å². The highest BCUT2D eigenvalue weighted by molar-refractivity contribution is 7.92. The van der Waals surface area contributed by atoms with Crippen LogP contribution in [-0.4, -0.2) is 40.7 Å². The molecule has 7 nitrogen and oxygen atoms in total. The molecule has 0 aliphatic rings. The quantitative estimate of drug-likeness (QED) is 0.597. The van der Waals surface area contributed by atoms with Crippen molar-refractivity contribution >= 4 is 27.3 Å². The van der Waals surface area contributed by atoms with Crippen molar-refractivity contribution in [1.29, 1.82) is 0 Å². The van der Waals surface area contributed by atoms with Crippen LogP contribution in [0.2, 0.25) is 0 Å². The Hall–Kier alpha value is -1.67. The lowest BCUT2D eigenvalue weighted by Gasteiger charge is -2.08. The number of sulfonamides is 1. The van der Waals surface area contributed by atoms with Crippen molar-refractivity contribution in [3.8, 4) is 11.4 Å². The number of anilines is 1. The van der Waals surface area contributed by atoms with Crippen molar-refractivity contribution in [2.45, 2.75) is 12.8 Å². The first kappa shape index (κ1) is 14.7. The number of tetrazole rings is 1. The second kappa shape index (κ2) is 6.67. The molecule has 20 heavy (non-hydrogen) atoms. The van der Waals surface area contributed by atoms with E-state index in [1.807, 2.05) is 0 Å². The average molecular weight is 316 g/mol. The van der Waals surface area contributed by atoms with Gasteiger partial charge in [0.25, 0.3) is 0 Å². The predicted octanol–water partition coefficient (Wildman–Crippen LogP) is 1.63. The van der Waals surface area contributed by atoms with E-state index in [2.05, 4.69) is 25.3 Å². The van der Waals surface area contributed by atoms with Gasteiger partial charge >= 0.3 is 0 Å². The first-order valence-corrected chi connectivity index (χ1v) is 8.20. The number of nitrogens with one attached hydrogen (secondary N) is 2. The number of benzene rings is 1. The van der Waals surface area contributed by atoms with Gasteiger partial charge in [-0.2, -0.15) is 5.21 Å². The van der Waals surface area contributed by atoms with E-state index in [-0.39, 0.29) is 5.75 Å². The summed E-state index contributed by atoms with van der Waals surface area (Å²) in [6.45, 7) is 0. The minimum atomic E-state index is -3.37. The Kier molecular flexibility index (Phi) is 4.91. The molecule has 0 aliphatic carbocycles. The van der Waals surface area contributed by atoms with Crippen LogP contribution in [0.3, 0.4) is 0 Å². The summed E-state index contributed by atoms with van der Waals surface area (Å²) in [5, 5.41) is 13.5. The van der Waals surface area contributed by atoms with E-state index in [9.17, 15) is 8.42 Å². The maximum absolute atomic E-state index is 11.9. The van der Waals surface area contributed by atoms with Gasteiger partial charge < -0.3 is 0 Å². The molecule has 108 valence electrons. The van der Waals surface area contributed by atoms with Gasteiger partial charge in [-0.25, -0.2) is 8.42 Å². The van der Waals surface area contributed by atoms with Crippen LogP contribution in [0.5, 0.6) is 0 Å². The summed E-state index contributed by atoms with van der Waals surface area (Å²) in [6, 6.07) is 6.82. The molecule has 0 atom stereocenters. The summed E-state index contributed by atoms with van der Waals surface area (Å²) in [4.78, 5) is 0. The molecule has 1 aromatic carbocycles. The Morgan fingerprint density at radius 2 is 2.15 bits per heavy atom. The number of aromatic amines is 1. The number of hydrogen-bond acceptors (Lipinski definition) is 5. The Bertz CT molecular complexity index is 645. The highest BCUT2D eigenvalue weighted by Gasteiger charge is 2.11. The standard InChI is InChI=1S/C11H14ClN5O2S/c12-6-1-2-7-20(18,19)15-10-5-3-4-9(8-10)11-13-16-17-14-11/h3-5,8,15H,1-2,6-7H2,(H,13,14,16,17). The summed E-state index contributed by atoms with van der Waals surface area (Å²) in [5.41, 5.74) is 1.15. The maximum Gasteiger partial charge on any atom is 0.232 e. The smallest absolute Gasteiger partial charge is 0.232 e. The zero-order valence-electron chi connectivity index (χ0n) is 10.6. The number of unbranched alkanes of at least 4 members (excludes halogenated alkanes) is 1. The highest BCUT2D eigenvalue weighted by Crippen LogP contribution is 2.19. The summed E-state index contributed by atoms with van der Waals surface area (Å²) < 4.78 is 26.3. The fourth-order valence-electron chi connectivity index (χ4n) is 1.62. The van der Waals surface area contributed by atoms with Crippen LogP contribution in [-0.2, 0) is 10.0 Å².